The maximum atomic E-state index is 13.4. The second-order valence-corrected chi connectivity index (χ2v) is 7.58. The number of nitrogen functional groups attached to an aromatic ring is 1. The standard InChI is InChI=1S/C23H21F3N4O2/c1-13(2)30-10-17(19-21(27)28-12-29-22(19)30)14-6-8-16(9-7-14)32-20-15(11-31)4-3-5-18(20)23(24,25)26/h3-10,12-13,31H,11H2,1-2H3,(H2,27,28,29). The number of anilines is 1. The molecule has 0 amide bonds. The normalized spacial score (nSPS) is 12.0. The van der Waals surface area contributed by atoms with Crippen LogP contribution >= 0.6 is 0 Å². The van der Waals surface area contributed by atoms with E-state index in [9.17, 15) is 18.3 Å². The number of halogens is 3. The maximum absolute atomic E-state index is 13.4. The fraction of sp³-hybridized carbons (Fsp3) is 0.217. The number of fused-ring (bicyclic) bond motifs is 1. The molecule has 0 bridgehead atoms. The first kappa shape index (κ1) is 21.6. The SMILES string of the molecule is CC(C)n1cc(-c2ccc(Oc3c(CO)cccc3C(F)(F)F)cc2)c2c(N)ncnc21. The van der Waals surface area contributed by atoms with Gasteiger partial charge < -0.3 is 20.1 Å². The van der Waals surface area contributed by atoms with Crippen molar-refractivity contribution in [3.63, 3.8) is 0 Å². The molecule has 0 aliphatic carbocycles. The Labute approximate surface area is 182 Å². The Morgan fingerprint density at radius 2 is 1.81 bits per heavy atom. The topological polar surface area (TPSA) is 86.2 Å². The van der Waals surface area contributed by atoms with Gasteiger partial charge in [0, 0.05) is 23.4 Å². The minimum absolute atomic E-state index is 0.0498. The maximum Gasteiger partial charge on any atom is 0.419 e. The van der Waals surface area contributed by atoms with Crippen LogP contribution in [0.1, 0.15) is 31.0 Å². The van der Waals surface area contributed by atoms with Crippen LogP contribution in [0.2, 0.25) is 0 Å². The van der Waals surface area contributed by atoms with Crippen LogP contribution in [0.4, 0.5) is 19.0 Å². The molecular formula is C23H21F3N4O2. The summed E-state index contributed by atoms with van der Waals surface area (Å²) in [5.41, 5.74) is 7.51. The van der Waals surface area contributed by atoms with Gasteiger partial charge in [-0.3, -0.25) is 0 Å². The number of rotatable bonds is 5. The van der Waals surface area contributed by atoms with E-state index in [1.807, 2.05) is 24.6 Å². The molecule has 6 nitrogen and oxygen atoms in total. The molecule has 9 heteroatoms. The number of aliphatic hydroxyl groups excluding tert-OH is 1. The first-order valence-corrected chi connectivity index (χ1v) is 9.90. The van der Waals surface area contributed by atoms with Gasteiger partial charge in [0.2, 0.25) is 0 Å². The van der Waals surface area contributed by atoms with Crippen molar-refractivity contribution in [2.45, 2.75) is 32.7 Å². The number of nitrogens with zero attached hydrogens (tertiary/aromatic N) is 3. The van der Waals surface area contributed by atoms with Gasteiger partial charge in [-0.25, -0.2) is 9.97 Å². The minimum Gasteiger partial charge on any atom is -0.456 e. The predicted octanol–water partition coefficient (Wildman–Crippen LogP) is 5.56. The van der Waals surface area contributed by atoms with E-state index in [0.717, 1.165) is 17.2 Å². The molecule has 32 heavy (non-hydrogen) atoms. The van der Waals surface area contributed by atoms with E-state index in [4.69, 9.17) is 10.5 Å². The van der Waals surface area contributed by atoms with Crippen molar-refractivity contribution in [3.8, 4) is 22.6 Å². The Morgan fingerprint density at radius 3 is 2.44 bits per heavy atom. The number of nitrogens with two attached hydrogens (primary N) is 1. The lowest BCUT2D eigenvalue weighted by atomic mass is 10.1. The summed E-state index contributed by atoms with van der Waals surface area (Å²) in [5.74, 6) is 0.137. The van der Waals surface area contributed by atoms with Crippen LogP contribution in [0.15, 0.2) is 55.0 Å². The first-order valence-electron chi connectivity index (χ1n) is 9.90. The molecule has 4 rings (SSSR count). The van der Waals surface area contributed by atoms with E-state index in [2.05, 4.69) is 9.97 Å². The van der Waals surface area contributed by atoms with E-state index in [0.29, 0.717) is 16.9 Å². The zero-order valence-electron chi connectivity index (χ0n) is 17.4. The van der Waals surface area contributed by atoms with Gasteiger partial charge in [0.05, 0.1) is 17.6 Å². The highest BCUT2D eigenvalue weighted by molar-refractivity contribution is 6.00. The molecule has 0 saturated carbocycles. The van der Waals surface area contributed by atoms with Crippen molar-refractivity contribution in [2.75, 3.05) is 5.73 Å². The Bertz CT molecular complexity index is 1260. The van der Waals surface area contributed by atoms with Crippen LogP contribution in [0, 0.1) is 0 Å². The van der Waals surface area contributed by atoms with Gasteiger partial charge >= 0.3 is 6.18 Å². The highest BCUT2D eigenvalue weighted by Gasteiger charge is 2.35. The molecule has 2 aromatic heterocycles. The average Bonchev–Trinajstić information content (AvgIpc) is 3.15. The summed E-state index contributed by atoms with van der Waals surface area (Å²) in [4.78, 5) is 8.44. The molecule has 0 unspecified atom stereocenters. The van der Waals surface area contributed by atoms with Crippen molar-refractivity contribution in [3.05, 3.63) is 66.1 Å². The van der Waals surface area contributed by atoms with Gasteiger partial charge in [-0.05, 0) is 37.6 Å². The second-order valence-electron chi connectivity index (χ2n) is 7.58. The molecule has 4 aromatic rings. The van der Waals surface area contributed by atoms with Crippen LogP contribution in [-0.4, -0.2) is 19.6 Å². The summed E-state index contributed by atoms with van der Waals surface area (Å²) < 4.78 is 47.8. The summed E-state index contributed by atoms with van der Waals surface area (Å²) >= 11 is 0. The van der Waals surface area contributed by atoms with Crippen molar-refractivity contribution in [1.29, 1.82) is 0 Å². The van der Waals surface area contributed by atoms with E-state index in [-0.39, 0.29) is 17.4 Å². The van der Waals surface area contributed by atoms with Crippen molar-refractivity contribution in [2.24, 2.45) is 0 Å². The minimum atomic E-state index is -4.61. The van der Waals surface area contributed by atoms with Crippen LogP contribution < -0.4 is 10.5 Å². The third-order valence-corrected chi connectivity index (χ3v) is 5.15. The summed E-state index contributed by atoms with van der Waals surface area (Å²) in [6.07, 6.45) is -1.27. The highest BCUT2D eigenvalue weighted by Crippen LogP contribution is 2.41. The van der Waals surface area contributed by atoms with Crippen molar-refractivity contribution >= 4 is 16.9 Å². The van der Waals surface area contributed by atoms with Gasteiger partial charge in [-0.15, -0.1) is 0 Å². The van der Waals surface area contributed by atoms with Crippen LogP contribution in [0.5, 0.6) is 11.5 Å². The van der Waals surface area contributed by atoms with E-state index in [1.54, 1.807) is 24.3 Å². The summed E-state index contributed by atoms with van der Waals surface area (Å²) in [6, 6.07) is 10.3. The summed E-state index contributed by atoms with van der Waals surface area (Å²) in [5, 5.41) is 10.2. The molecule has 166 valence electrons. The van der Waals surface area contributed by atoms with E-state index in [1.165, 1.54) is 18.5 Å². The summed E-state index contributed by atoms with van der Waals surface area (Å²) in [6.45, 7) is 3.47. The molecule has 0 atom stereocenters. The fourth-order valence-electron chi connectivity index (χ4n) is 3.59. The summed E-state index contributed by atoms with van der Waals surface area (Å²) in [7, 11) is 0. The largest absolute Gasteiger partial charge is 0.456 e. The number of ether oxygens (including phenoxy) is 1. The van der Waals surface area contributed by atoms with Gasteiger partial charge in [-0.1, -0.05) is 24.3 Å². The van der Waals surface area contributed by atoms with E-state index >= 15 is 0 Å². The molecule has 2 heterocycles. The Morgan fingerprint density at radius 1 is 1.09 bits per heavy atom. The van der Waals surface area contributed by atoms with E-state index < -0.39 is 24.1 Å². The Kier molecular flexibility index (Phi) is 5.52. The van der Waals surface area contributed by atoms with Crippen molar-refractivity contribution in [1.82, 2.24) is 14.5 Å². The zero-order valence-corrected chi connectivity index (χ0v) is 17.4. The first-order chi connectivity index (χ1) is 15.2. The monoisotopic (exact) mass is 442 g/mol. The highest BCUT2D eigenvalue weighted by atomic mass is 19.4. The number of benzene rings is 2. The van der Waals surface area contributed by atoms with Gasteiger partial charge in [0.25, 0.3) is 0 Å². The van der Waals surface area contributed by atoms with Crippen LogP contribution in [0.25, 0.3) is 22.2 Å². The van der Waals surface area contributed by atoms with Gasteiger partial charge in [-0.2, -0.15) is 13.2 Å². The third kappa shape index (κ3) is 3.87. The number of para-hydroxylation sites is 1. The number of hydrogen-bond acceptors (Lipinski definition) is 5. The smallest absolute Gasteiger partial charge is 0.419 e. The fourth-order valence-corrected chi connectivity index (χ4v) is 3.59. The average molecular weight is 442 g/mol. The Balaban J connectivity index is 1.74. The van der Waals surface area contributed by atoms with Crippen LogP contribution in [0.3, 0.4) is 0 Å². The number of aromatic nitrogens is 3. The van der Waals surface area contributed by atoms with Crippen LogP contribution in [-0.2, 0) is 12.8 Å². The molecule has 0 spiro atoms. The Hall–Kier alpha value is -3.59. The third-order valence-electron chi connectivity index (χ3n) is 5.15. The molecule has 3 N–H and O–H groups in total. The lowest BCUT2D eigenvalue weighted by Gasteiger charge is -2.16. The molecule has 0 fully saturated rings. The second kappa shape index (κ2) is 8.16. The molecular weight excluding hydrogens is 421 g/mol. The molecule has 0 aliphatic heterocycles. The number of alkyl halides is 3. The lowest BCUT2D eigenvalue weighted by molar-refractivity contribution is -0.138. The number of hydrogen-bond donors (Lipinski definition) is 2. The van der Waals surface area contributed by atoms with Crippen molar-refractivity contribution < 1.29 is 23.0 Å². The zero-order chi connectivity index (χ0) is 23.0. The lowest BCUT2D eigenvalue weighted by Crippen LogP contribution is -2.09. The van der Waals surface area contributed by atoms with Gasteiger partial charge in [0.1, 0.15) is 29.3 Å². The number of aliphatic hydroxyl groups is 1. The molecule has 0 aliphatic rings. The molecule has 0 saturated heterocycles. The molecule has 0 radical (unpaired) electrons. The van der Waals surface area contributed by atoms with Gasteiger partial charge in [0.15, 0.2) is 0 Å². The molecule has 2 aromatic carbocycles. The quantitative estimate of drug-likeness (QED) is 0.422. The predicted molar refractivity (Wildman–Crippen MR) is 115 cm³/mol.